The molecule has 0 saturated heterocycles. The van der Waals surface area contributed by atoms with Crippen molar-refractivity contribution in [1.82, 2.24) is 9.80 Å². The first-order valence-electron chi connectivity index (χ1n) is 13.1. The number of nitrogens with one attached hydrogen (secondary N) is 2. The van der Waals surface area contributed by atoms with Gasteiger partial charge in [-0.15, -0.1) is 0 Å². The van der Waals surface area contributed by atoms with Gasteiger partial charge >= 0.3 is 0 Å². The Balaban J connectivity index is 0.000000355. The Morgan fingerprint density at radius 3 is 1.66 bits per heavy atom. The summed E-state index contributed by atoms with van der Waals surface area (Å²) in [6.07, 6.45) is 3.40. The molecule has 0 aliphatic rings. The van der Waals surface area contributed by atoms with Gasteiger partial charge in [-0.2, -0.15) is 0 Å². The second-order valence-corrected chi connectivity index (χ2v) is 10.0. The van der Waals surface area contributed by atoms with Crippen LogP contribution in [0.15, 0.2) is 25.2 Å². The normalized spacial score (nSPS) is 11.8. The molecule has 0 aliphatic heterocycles. The topological polar surface area (TPSA) is 98.8 Å². The van der Waals surface area contributed by atoms with E-state index >= 15 is 0 Å². The van der Waals surface area contributed by atoms with Crippen LogP contribution in [0.3, 0.4) is 0 Å². The second-order valence-electron chi connectivity index (χ2n) is 10.0. The van der Waals surface area contributed by atoms with E-state index in [0.29, 0.717) is 23.5 Å². The Morgan fingerprint density at radius 2 is 1.20 bits per heavy atom. The van der Waals surface area contributed by atoms with Crippen LogP contribution in [0, 0.1) is 0 Å². The molecule has 0 spiro atoms. The smallest absolute Gasteiger partial charge is 0.249 e. The predicted molar refractivity (Wildman–Crippen MR) is 148 cm³/mol. The van der Waals surface area contributed by atoms with Gasteiger partial charge in [0.15, 0.2) is 0 Å². The molecule has 2 aromatic rings. The molecule has 35 heavy (non-hydrogen) atoms. The summed E-state index contributed by atoms with van der Waals surface area (Å²) in [4.78, 5) is 49.6. The van der Waals surface area contributed by atoms with Gasteiger partial charge in [0.1, 0.15) is 0 Å². The molecule has 0 atom stereocenters. The summed E-state index contributed by atoms with van der Waals surface area (Å²) in [6, 6.07) is 1.37. The molecule has 0 amide bonds. The van der Waals surface area contributed by atoms with E-state index in [2.05, 4.69) is 48.1 Å². The molecule has 2 rings (SSSR count). The molecule has 0 aromatic heterocycles. The van der Waals surface area contributed by atoms with Crippen LogP contribution in [0.25, 0.3) is 0 Å². The predicted octanol–water partition coefficient (Wildman–Crippen LogP) is 2.54. The molecule has 198 valence electrons. The van der Waals surface area contributed by atoms with E-state index in [1.165, 1.54) is 6.07 Å². The summed E-state index contributed by atoms with van der Waals surface area (Å²) in [5.41, 5.74) is -0.0568. The average molecular weight is 491 g/mol. The Hall–Kier alpha value is -2.32. The summed E-state index contributed by atoms with van der Waals surface area (Å²) in [6.45, 7) is 22.0. The molecule has 0 fully saturated rings. The summed E-state index contributed by atoms with van der Waals surface area (Å²) in [7, 11) is 0. The van der Waals surface area contributed by atoms with Crippen molar-refractivity contribution in [2.75, 3.05) is 63.0 Å². The highest BCUT2D eigenvalue weighted by Crippen LogP contribution is 2.25. The number of hydrogen-bond donors (Lipinski definition) is 2. The van der Waals surface area contributed by atoms with Crippen LogP contribution in [0.1, 0.15) is 73.3 Å². The lowest BCUT2D eigenvalue weighted by molar-refractivity contribution is 0.285. The Bertz CT molecular complexity index is 1020. The standard InChI is InChI=1S/C15H26N2O2.C12H20N2O2/c1-6-9-17(7-2)10-8-16-12-11(15(3,4)5)13(18)14(12)19;1-3-6-14(7-4-2)8-5-13-10-9-11(15)12(10)16/h16H,6-10H2,1-5H3;9,13H,3-8H2,1-2H3. The minimum absolute atomic E-state index is 0.263. The lowest BCUT2D eigenvalue weighted by atomic mass is 9.82. The third-order valence-corrected chi connectivity index (χ3v) is 5.94. The minimum atomic E-state index is -0.388. The second kappa shape index (κ2) is 14.9. The molecule has 2 N–H and O–H groups in total. The zero-order valence-corrected chi connectivity index (χ0v) is 22.9. The van der Waals surface area contributed by atoms with Crippen molar-refractivity contribution in [2.24, 2.45) is 0 Å². The van der Waals surface area contributed by atoms with Gasteiger partial charge in [0.05, 0.1) is 11.4 Å². The van der Waals surface area contributed by atoms with Gasteiger partial charge in [-0.3, -0.25) is 19.2 Å². The van der Waals surface area contributed by atoms with Gasteiger partial charge in [-0.25, -0.2) is 0 Å². The number of rotatable bonds is 15. The molecule has 0 saturated carbocycles. The van der Waals surface area contributed by atoms with Crippen molar-refractivity contribution in [3.05, 3.63) is 52.5 Å². The van der Waals surface area contributed by atoms with E-state index in [1.54, 1.807) is 0 Å². The molecule has 0 aliphatic carbocycles. The quantitative estimate of drug-likeness (QED) is 0.368. The lowest BCUT2D eigenvalue weighted by Gasteiger charge is -2.25. The van der Waals surface area contributed by atoms with Crippen LogP contribution in [0.2, 0.25) is 0 Å². The summed E-state index contributed by atoms with van der Waals surface area (Å²) in [5, 5.41) is 6.14. The van der Waals surface area contributed by atoms with Crippen molar-refractivity contribution in [3.63, 3.8) is 0 Å². The number of hydrogen-bond acceptors (Lipinski definition) is 8. The van der Waals surface area contributed by atoms with Crippen LogP contribution in [0.5, 0.6) is 0 Å². The zero-order chi connectivity index (χ0) is 26.6. The molecule has 2 aromatic carbocycles. The summed E-state index contributed by atoms with van der Waals surface area (Å²) in [5.74, 6) is 0. The van der Waals surface area contributed by atoms with Gasteiger partial charge < -0.3 is 20.4 Å². The van der Waals surface area contributed by atoms with Gasteiger partial charge in [-0.05, 0) is 50.9 Å². The highest BCUT2D eigenvalue weighted by atomic mass is 16.2. The minimum Gasteiger partial charge on any atom is -0.380 e. The molecule has 0 unspecified atom stereocenters. The first-order chi connectivity index (χ1) is 16.5. The van der Waals surface area contributed by atoms with E-state index in [1.807, 2.05) is 20.8 Å². The zero-order valence-electron chi connectivity index (χ0n) is 22.9. The Kier molecular flexibility index (Phi) is 13.1. The number of likely N-dealkylation sites (N-methyl/N-ethyl adjacent to an activating group) is 1. The number of anilines is 2. The van der Waals surface area contributed by atoms with Gasteiger partial charge in [0.25, 0.3) is 0 Å². The molecule has 0 radical (unpaired) electrons. The summed E-state index contributed by atoms with van der Waals surface area (Å²) < 4.78 is 0. The first-order valence-corrected chi connectivity index (χ1v) is 13.1. The van der Waals surface area contributed by atoms with Crippen LogP contribution >= 0.6 is 0 Å². The molecule has 0 bridgehead atoms. The van der Waals surface area contributed by atoms with Crippen molar-refractivity contribution < 1.29 is 0 Å². The maximum Gasteiger partial charge on any atom is 0.249 e. The van der Waals surface area contributed by atoms with E-state index in [0.717, 1.165) is 65.1 Å². The number of nitrogens with zero attached hydrogens (tertiary/aromatic N) is 2. The molecular weight excluding hydrogens is 444 g/mol. The highest BCUT2D eigenvalue weighted by molar-refractivity contribution is 5.59. The maximum absolute atomic E-state index is 11.6. The van der Waals surface area contributed by atoms with Gasteiger partial charge in [0.2, 0.25) is 21.7 Å². The monoisotopic (exact) mass is 490 g/mol. The van der Waals surface area contributed by atoms with E-state index < -0.39 is 0 Å². The first kappa shape index (κ1) is 30.7. The van der Waals surface area contributed by atoms with E-state index in [-0.39, 0.29) is 27.1 Å². The van der Waals surface area contributed by atoms with Gasteiger partial charge in [0, 0.05) is 37.8 Å². The Labute approximate surface area is 210 Å². The van der Waals surface area contributed by atoms with Crippen LogP contribution in [0.4, 0.5) is 11.4 Å². The highest BCUT2D eigenvalue weighted by Gasteiger charge is 2.29. The average Bonchev–Trinajstić information content (AvgIpc) is 2.81. The third kappa shape index (κ3) is 9.33. The lowest BCUT2D eigenvalue weighted by Crippen LogP contribution is -2.44. The van der Waals surface area contributed by atoms with Gasteiger partial charge in [-0.1, -0.05) is 48.5 Å². The van der Waals surface area contributed by atoms with E-state index in [9.17, 15) is 19.2 Å². The largest absolute Gasteiger partial charge is 0.380 e. The fraction of sp³-hybridized carbons (Fsp3) is 0.704. The molecule has 0 heterocycles. The van der Waals surface area contributed by atoms with Crippen LogP contribution in [-0.2, 0) is 5.41 Å². The maximum atomic E-state index is 11.6. The van der Waals surface area contributed by atoms with Crippen molar-refractivity contribution in [2.45, 2.75) is 73.1 Å². The van der Waals surface area contributed by atoms with Crippen LogP contribution in [-0.4, -0.2) is 62.2 Å². The Morgan fingerprint density at radius 1 is 0.686 bits per heavy atom. The van der Waals surface area contributed by atoms with E-state index in [4.69, 9.17) is 0 Å². The third-order valence-electron chi connectivity index (χ3n) is 5.94. The van der Waals surface area contributed by atoms with Crippen molar-refractivity contribution >= 4 is 11.4 Å². The molecule has 8 heteroatoms. The summed E-state index contributed by atoms with van der Waals surface area (Å²) >= 11 is 0. The molecule has 8 nitrogen and oxygen atoms in total. The molecular formula is C27H46N4O4. The van der Waals surface area contributed by atoms with Crippen LogP contribution < -0.4 is 32.3 Å². The van der Waals surface area contributed by atoms with Crippen molar-refractivity contribution in [3.8, 4) is 0 Å². The fourth-order valence-corrected chi connectivity index (χ4v) is 4.12. The SMILES string of the molecule is CCCN(CC)CCNc1c(C(C)(C)C)c(=O)c1=O.CCCN(CCC)CCNc1cc(=O)c1=O. The van der Waals surface area contributed by atoms with Crippen molar-refractivity contribution in [1.29, 1.82) is 0 Å². The fourth-order valence-electron chi connectivity index (χ4n) is 4.12.